The van der Waals surface area contributed by atoms with Gasteiger partial charge in [0.2, 0.25) is 0 Å². The Bertz CT molecular complexity index is 983. The number of methoxy groups -OCH3 is 1. The molecule has 2 aromatic carbocycles. The SMILES string of the molecule is CCN(CC)CCN1C(=O)C(=O)/C(=C(/O)c2ccc(Cl)cc2)[C@H]1c1cccc(OC)c1. The van der Waals surface area contributed by atoms with Crippen molar-refractivity contribution in [2.45, 2.75) is 19.9 Å². The highest BCUT2D eigenvalue weighted by Gasteiger charge is 2.46. The van der Waals surface area contributed by atoms with E-state index in [2.05, 4.69) is 18.7 Å². The minimum absolute atomic E-state index is 0.0696. The Morgan fingerprint density at radius 3 is 2.42 bits per heavy atom. The lowest BCUT2D eigenvalue weighted by atomic mass is 9.95. The average Bonchev–Trinajstić information content (AvgIpc) is 3.04. The van der Waals surface area contributed by atoms with Gasteiger partial charge in [0, 0.05) is 23.7 Å². The number of halogens is 1. The quantitative estimate of drug-likeness (QED) is 0.378. The van der Waals surface area contributed by atoms with Gasteiger partial charge in [0.1, 0.15) is 11.5 Å². The van der Waals surface area contributed by atoms with E-state index >= 15 is 0 Å². The van der Waals surface area contributed by atoms with E-state index in [4.69, 9.17) is 16.3 Å². The molecule has 1 saturated heterocycles. The molecule has 7 heteroatoms. The molecule has 1 aliphatic rings. The van der Waals surface area contributed by atoms with Gasteiger partial charge >= 0.3 is 0 Å². The van der Waals surface area contributed by atoms with Crippen LogP contribution in [-0.4, -0.2) is 59.9 Å². The fourth-order valence-corrected chi connectivity index (χ4v) is 3.95. The standard InChI is InChI=1S/C24H27ClN2O4/c1-4-26(5-2)13-14-27-21(17-7-6-8-19(15-17)31-3)20(23(29)24(27)30)22(28)16-9-11-18(25)12-10-16/h6-12,15,21,28H,4-5,13-14H2,1-3H3/b22-20+/t21-/m1/s1. The fraction of sp³-hybridized carbons (Fsp3) is 0.333. The third kappa shape index (κ3) is 4.75. The first kappa shape index (κ1) is 22.8. The molecule has 3 rings (SSSR count). The van der Waals surface area contributed by atoms with Gasteiger partial charge in [-0.1, -0.05) is 37.6 Å². The average molecular weight is 443 g/mol. The summed E-state index contributed by atoms with van der Waals surface area (Å²) >= 11 is 5.96. The smallest absolute Gasteiger partial charge is 0.295 e. The number of nitrogens with zero attached hydrogens (tertiary/aromatic N) is 2. The number of hydrogen-bond donors (Lipinski definition) is 1. The van der Waals surface area contributed by atoms with E-state index in [0.29, 0.717) is 35.0 Å². The summed E-state index contributed by atoms with van der Waals surface area (Å²) in [7, 11) is 1.56. The summed E-state index contributed by atoms with van der Waals surface area (Å²) in [4.78, 5) is 29.8. The second kappa shape index (κ2) is 9.98. The van der Waals surface area contributed by atoms with Gasteiger partial charge in [-0.25, -0.2) is 0 Å². The maximum atomic E-state index is 13.0. The van der Waals surface area contributed by atoms with Crippen LogP contribution in [0.4, 0.5) is 0 Å². The molecule has 1 N–H and O–H groups in total. The van der Waals surface area contributed by atoms with Crippen LogP contribution >= 0.6 is 11.6 Å². The van der Waals surface area contributed by atoms with Crippen molar-refractivity contribution in [2.75, 3.05) is 33.3 Å². The summed E-state index contributed by atoms with van der Waals surface area (Å²) in [5, 5.41) is 11.6. The molecule has 1 amide bonds. The minimum atomic E-state index is -0.707. The number of hydrogen-bond acceptors (Lipinski definition) is 5. The Morgan fingerprint density at radius 2 is 1.81 bits per heavy atom. The van der Waals surface area contributed by atoms with E-state index in [0.717, 1.165) is 13.1 Å². The molecule has 2 aromatic rings. The molecule has 164 valence electrons. The van der Waals surface area contributed by atoms with Crippen LogP contribution in [0.1, 0.15) is 31.0 Å². The van der Waals surface area contributed by atoms with Gasteiger partial charge in [-0.05, 0) is 55.1 Å². The number of benzene rings is 2. The molecule has 0 bridgehead atoms. The molecule has 0 aromatic heterocycles. The van der Waals surface area contributed by atoms with Crippen LogP contribution in [0.15, 0.2) is 54.1 Å². The predicted molar refractivity (Wildman–Crippen MR) is 121 cm³/mol. The summed E-state index contributed by atoms with van der Waals surface area (Å²) in [6.07, 6.45) is 0. The van der Waals surface area contributed by atoms with Crippen LogP contribution in [0.3, 0.4) is 0 Å². The monoisotopic (exact) mass is 442 g/mol. The number of ketones is 1. The zero-order chi connectivity index (χ0) is 22.5. The number of ether oxygens (including phenoxy) is 1. The topological polar surface area (TPSA) is 70.1 Å². The highest BCUT2D eigenvalue weighted by atomic mass is 35.5. The molecular weight excluding hydrogens is 416 g/mol. The summed E-state index contributed by atoms with van der Waals surface area (Å²) in [6, 6.07) is 13.0. The van der Waals surface area contributed by atoms with Gasteiger partial charge in [0.25, 0.3) is 11.7 Å². The second-order valence-corrected chi connectivity index (χ2v) is 7.74. The van der Waals surface area contributed by atoms with Crippen LogP contribution in [-0.2, 0) is 9.59 Å². The van der Waals surface area contributed by atoms with Gasteiger partial charge in [0.15, 0.2) is 0 Å². The van der Waals surface area contributed by atoms with Crippen LogP contribution in [0, 0.1) is 0 Å². The first-order valence-corrected chi connectivity index (χ1v) is 10.7. The number of carbonyl (C=O) groups excluding carboxylic acids is 2. The normalized spacial score (nSPS) is 18.1. The van der Waals surface area contributed by atoms with E-state index in [9.17, 15) is 14.7 Å². The van der Waals surface area contributed by atoms with E-state index in [1.807, 2.05) is 6.07 Å². The molecule has 0 radical (unpaired) electrons. The van der Waals surface area contributed by atoms with Crippen LogP contribution in [0.25, 0.3) is 5.76 Å². The van der Waals surface area contributed by atoms with Gasteiger partial charge in [-0.2, -0.15) is 0 Å². The highest BCUT2D eigenvalue weighted by Crippen LogP contribution is 2.40. The zero-order valence-electron chi connectivity index (χ0n) is 18.0. The van der Waals surface area contributed by atoms with E-state index in [1.165, 1.54) is 4.90 Å². The van der Waals surface area contributed by atoms with E-state index in [-0.39, 0.29) is 11.3 Å². The lowest BCUT2D eigenvalue weighted by molar-refractivity contribution is -0.140. The van der Waals surface area contributed by atoms with Crippen molar-refractivity contribution in [1.82, 2.24) is 9.80 Å². The number of likely N-dealkylation sites (tertiary alicyclic amines) is 1. The Balaban J connectivity index is 2.11. The molecule has 0 unspecified atom stereocenters. The van der Waals surface area contributed by atoms with Gasteiger partial charge < -0.3 is 19.6 Å². The van der Waals surface area contributed by atoms with Crippen molar-refractivity contribution < 1.29 is 19.4 Å². The summed E-state index contributed by atoms with van der Waals surface area (Å²) in [6.45, 7) is 6.78. The van der Waals surface area contributed by atoms with Crippen molar-refractivity contribution >= 4 is 29.1 Å². The number of rotatable bonds is 8. The van der Waals surface area contributed by atoms with E-state index in [1.54, 1.807) is 49.6 Å². The Labute approximate surface area is 187 Å². The highest BCUT2D eigenvalue weighted by molar-refractivity contribution is 6.46. The third-order valence-electron chi connectivity index (χ3n) is 5.62. The molecule has 1 fully saturated rings. The number of amides is 1. The van der Waals surface area contributed by atoms with Crippen molar-refractivity contribution in [3.05, 3.63) is 70.3 Å². The number of aliphatic hydroxyl groups excluding tert-OH is 1. The van der Waals surface area contributed by atoms with Crippen molar-refractivity contribution in [3.8, 4) is 5.75 Å². The molecule has 6 nitrogen and oxygen atoms in total. The lowest BCUT2D eigenvalue weighted by Crippen LogP contribution is -2.38. The minimum Gasteiger partial charge on any atom is -0.507 e. The maximum absolute atomic E-state index is 13.0. The Morgan fingerprint density at radius 1 is 1.13 bits per heavy atom. The summed E-state index contributed by atoms with van der Waals surface area (Å²) < 4.78 is 5.34. The molecule has 1 heterocycles. The fourth-order valence-electron chi connectivity index (χ4n) is 3.82. The largest absolute Gasteiger partial charge is 0.507 e. The van der Waals surface area contributed by atoms with Crippen molar-refractivity contribution in [3.63, 3.8) is 0 Å². The molecule has 1 atom stereocenters. The van der Waals surface area contributed by atoms with Crippen LogP contribution in [0.2, 0.25) is 5.02 Å². The van der Waals surface area contributed by atoms with E-state index < -0.39 is 17.7 Å². The molecule has 0 spiro atoms. The first-order valence-electron chi connectivity index (χ1n) is 10.3. The number of likely N-dealkylation sites (N-methyl/N-ethyl adjacent to an activating group) is 1. The van der Waals surface area contributed by atoms with Crippen molar-refractivity contribution in [2.24, 2.45) is 0 Å². The Hall–Kier alpha value is -2.83. The molecule has 31 heavy (non-hydrogen) atoms. The van der Waals surface area contributed by atoms with Gasteiger partial charge in [-0.3, -0.25) is 9.59 Å². The van der Waals surface area contributed by atoms with Crippen LogP contribution in [0.5, 0.6) is 5.75 Å². The summed E-state index contributed by atoms with van der Waals surface area (Å²) in [5.74, 6) is -0.915. The molecule has 0 saturated carbocycles. The Kier molecular flexibility index (Phi) is 7.36. The molecular formula is C24H27ClN2O4. The second-order valence-electron chi connectivity index (χ2n) is 7.30. The predicted octanol–water partition coefficient (Wildman–Crippen LogP) is 4.11. The number of carbonyl (C=O) groups is 2. The third-order valence-corrected chi connectivity index (χ3v) is 5.87. The maximum Gasteiger partial charge on any atom is 0.295 e. The van der Waals surface area contributed by atoms with Crippen LogP contribution < -0.4 is 4.74 Å². The molecule has 0 aliphatic carbocycles. The summed E-state index contributed by atoms with van der Waals surface area (Å²) in [5.41, 5.74) is 1.20. The zero-order valence-corrected chi connectivity index (χ0v) is 18.7. The first-order chi connectivity index (χ1) is 14.9. The molecule has 1 aliphatic heterocycles. The lowest BCUT2D eigenvalue weighted by Gasteiger charge is -2.28. The van der Waals surface area contributed by atoms with Crippen molar-refractivity contribution in [1.29, 1.82) is 0 Å². The van der Waals surface area contributed by atoms with Gasteiger partial charge in [0.05, 0.1) is 18.7 Å². The van der Waals surface area contributed by atoms with Gasteiger partial charge in [-0.15, -0.1) is 0 Å². The number of aliphatic hydroxyl groups is 1. The number of Topliss-reactive ketones (excluding diaryl/α,β-unsaturated/α-hetero) is 1.